The minimum Gasteiger partial charge on any atom is -0.478 e. The van der Waals surface area contributed by atoms with E-state index in [1.165, 1.54) is 13.0 Å². The van der Waals surface area contributed by atoms with Crippen LogP contribution >= 0.6 is 0 Å². The summed E-state index contributed by atoms with van der Waals surface area (Å²) in [7, 11) is -3.97. The van der Waals surface area contributed by atoms with Crippen molar-refractivity contribution in [1.82, 2.24) is 0 Å². The van der Waals surface area contributed by atoms with Crippen LogP contribution in [0.4, 0.5) is 0 Å². The molecule has 0 amide bonds. The molecule has 0 radical (unpaired) electrons. The lowest BCUT2D eigenvalue weighted by molar-refractivity contribution is -0.131. The average Bonchev–Trinajstić information content (AvgIpc) is 1.80. The van der Waals surface area contributed by atoms with Crippen LogP contribution in [0.2, 0.25) is 0 Å². The topological polar surface area (TPSA) is 112 Å². The number of allylic oxidation sites excluding steroid dienone is 1. The molecule has 0 heterocycles. The Morgan fingerprint density at radius 2 is 1.93 bits per heavy atom. The lowest BCUT2D eigenvalue weighted by atomic mass is 10.5. The van der Waals surface area contributed by atoms with Gasteiger partial charge < -0.3 is 10.2 Å². The molecule has 6 nitrogen and oxygen atoms in total. The number of rotatable bonds is 3. The minimum atomic E-state index is -3.97. The molecule has 3 N–H and O–H groups in total. The summed E-state index contributed by atoms with van der Waals surface area (Å²) in [5.41, 5.74) is 0. The fraction of sp³-hybridized carbons (Fsp3) is 0.571. The van der Waals surface area contributed by atoms with Crippen LogP contribution in [-0.4, -0.2) is 41.0 Å². The number of aliphatic carboxylic acids is 1. The molecule has 0 saturated heterocycles. The lowest BCUT2D eigenvalue weighted by Gasteiger charge is -1.97. The molecule has 0 aliphatic carbocycles. The van der Waals surface area contributed by atoms with Gasteiger partial charge in [0.1, 0.15) is 5.75 Å². The molecule has 0 aromatic carbocycles. The van der Waals surface area contributed by atoms with Crippen molar-refractivity contribution in [2.75, 3.05) is 5.75 Å². The van der Waals surface area contributed by atoms with Crippen molar-refractivity contribution in [3.63, 3.8) is 0 Å². The quantitative estimate of drug-likeness (QED) is 0.457. The third-order valence-electron chi connectivity index (χ3n) is 0.761. The van der Waals surface area contributed by atoms with Gasteiger partial charge >= 0.3 is 5.97 Å². The first-order valence-electron chi connectivity index (χ1n) is 3.68. The van der Waals surface area contributed by atoms with E-state index in [9.17, 15) is 13.2 Å². The predicted molar refractivity (Wildman–Crippen MR) is 50.5 cm³/mol. The second kappa shape index (κ2) is 7.48. The molecule has 0 fully saturated rings. The highest BCUT2D eigenvalue weighted by Crippen LogP contribution is 1.86. The standard InChI is InChI=1S/C4H6O2.C3H8O4S/c1-2-3-4(5)6;1-3(4)2-8(5,6)7/h2-3H,1H3,(H,5,6);3-4H,2H2,1H3,(H,5,6,7). The zero-order valence-corrected chi connectivity index (χ0v) is 8.73. The Bertz CT molecular complexity index is 277. The Morgan fingerprint density at radius 3 is 1.93 bits per heavy atom. The zero-order chi connectivity index (χ0) is 11.8. The average molecular weight is 226 g/mol. The number of aliphatic hydroxyl groups excluding tert-OH is 1. The Balaban J connectivity index is 0. The maximum absolute atomic E-state index is 9.84. The summed E-state index contributed by atoms with van der Waals surface area (Å²) in [6, 6.07) is 0. The first kappa shape index (κ1) is 15.5. The summed E-state index contributed by atoms with van der Waals surface area (Å²) >= 11 is 0. The van der Waals surface area contributed by atoms with Gasteiger partial charge in [-0.05, 0) is 13.8 Å². The van der Waals surface area contributed by atoms with Gasteiger partial charge in [0.25, 0.3) is 10.1 Å². The van der Waals surface area contributed by atoms with Crippen molar-refractivity contribution in [3.8, 4) is 0 Å². The highest BCUT2D eigenvalue weighted by atomic mass is 32.2. The van der Waals surface area contributed by atoms with Crippen LogP contribution in [0.15, 0.2) is 12.2 Å². The van der Waals surface area contributed by atoms with E-state index in [-0.39, 0.29) is 0 Å². The summed E-state index contributed by atoms with van der Waals surface area (Å²) in [5, 5.41) is 16.2. The van der Waals surface area contributed by atoms with E-state index >= 15 is 0 Å². The van der Waals surface area contributed by atoms with E-state index in [2.05, 4.69) is 0 Å². The van der Waals surface area contributed by atoms with E-state index < -0.39 is 27.9 Å². The first-order chi connectivity index (χ1) is 6.19. The van der Waals surface area contributed by atoms with E-state index in [0.29, 0.717) is 0 Å². The van der Waals surface area contributed by atoms with Gasteiger partial charge in [-0.1, -0.05) is 6.08 Å². The second-order valence-corrected chi connectivity index (χ2v) is 3.93. The van der Waals surface area contributed by atoms with Crippen molar-refractivity contribution in [1.29, 1.82) is 0 Å². The molecule has 14 heavy (non-hydrogen) atoms. The largest absolute Gasteiger partial charge is 0.478 e. The summed E-state index contributed by atoms with van der Waals surface area (Å²) in [4.78, 5) is 9.51. The van der Waals surface area contributed by atoms with Gasteiger partial charge in [0.15, 0.2) is 0 Å². The number of carbonyl (C=O) groups is 1. The fourth-order valence-corrected chi connectivity index (χ4v) is 1.06. The summed E-state index contributed by atoms with van der Waals surface area (Å²) < 4.78 is 27.7. The molecule has 0 bridgehead atoms. The van der Waals surface area contributed by atoms with Crippen molar-refractivity contribution in [2.24, 2.45) is 0 Å². The Labute approximate surface area is 82.6 Å². The molecule has 0 rings (SSSR count). The van der Waals surface area contributed by atoms with Gasteiger partial charge in [0, 0.05) is 6.08 Å². The summed E-state index contributed by atoms with van der Waals surface area (Å²) in [6.45, 7) is 2.95. The molecule has 1 atom stereocenters. The van der Waals surface area contributed by atoms with E-state index in [0.717, 1.165) is 6.08 Å². The van der Waals surface area contributed by atoms with Gasteiger partial charge in [0.05, 0.1) is 6.10 Å². The smallest absolute Gasteiger partial charge is 0.327 e. The van der Waals surface area contributed by atoms with Crippen molar-refractivity contribution in [3.05, 3.63) is 12.2 Å². The Hall–Kier alpha value is -0.920. The Morgan fingerprint density at radius 1 is 1.50 bits per heavy atom. The lowest BCUT2D eigenvalue weighted by Crippen LogP contribution is -2.16. The SMILES string of the molecule is CC(O)CS(=O)(=O)O.CC=CC(=O)O. The normalized spacial score (nSPS) is 13.1. The molecule has 84 valence electrons. The number of carboxylic acids is 1. The number of hydrogen-bond acceptors (Lipinski definition) is 4. The second-order valence-electron chi connectivity index (χ2n) is 2.44. The van der Waals surface area contributed by atoms with Crippen LogP contribution in [0, 0.1) is 0 Å². The zero-order valence-electron chi connectivity index (χ0n) is 7.91. The van der Waals surface area contributed by atoms with Crippen LogP contribution < -0.4 is 0 Å². The van der Waals surface area contributed by atoms with E-state index in [1.807, 2.05) is 0 Å². The van der Waals surface area contributed by atoms with Gasteiger partial charge in [-0.15, -0.1) is 0 Å². The maximum Gasteiger partial charge on any atom is 0.327 e. The van der Waals surface area contributed by atoms with E-state index in [4.69, 9.17) is 14.8 Å². The summed E-state index contributed by atoms with van der Waals surface area (Å²) in [5.74, 6) is -1.48. The molecule has 0 spiro atoms. The Kier molecular flexibility index (Phi) is 8.31. The fourth-order valence-electron chi connectivity index (χ4n) is 0.447. The predicted octanol–water partition coefficient (Wildman–Crippen LogP) is -0.0979. The molecule has 0 aromatic rings. The van der Waals surface area contributed by atoms with Crippen LogP contribution in [0.5, 0.6) is 0 Å². The van der Waals surface area contributed by atoms with E-state index in [1.54, 1.807) is 6.92 Å². The third-order valence-corrected chi connectivity index (χ3v) is 1.66. The summed E-state index contributed by atoms with van der Waals surface area (Å²) in [6.07, 6.45) is 1.56. The highest BCUT2D eigenvalue weighted by Gasteiger charge is 2.07. The molecular weight excluding hydrogens is 212 g/mol. The van der Waals surface area contributed by atoms with Gasteiger partial charge in [-0.2, -0.15) is 8.42 Å². The minimum absolute atomic E-state index is 0.590. The van der Waals surface area contributed by atoms with Gasteiger partial charge in [-0.3, -0.25) is 4.55 Å². The number of carboxylic acid groups (broad SMARTS) is 1. The van der Waals surface area contributed by atoms with Crippen LogP contribution in [-0.2, 0) is 14.9 Å². The molecule has 0 aliphatic rings. The molecular formula is C7H14O6S. The van der Waals surface area contributed by atoms with Gasteiger partial charge in [0.2, 0.25) is 0 Å². The van der Waals surface area contributed by atoms with Crippen LogP contribution in [0.25, 0.3) is 0 Å². The molecule has 1 unspecified atom stereocenters. The molecule has 0 saturated carbocycles. The van der Waals surface area contributed by atoms with Gasteiger partial charge in [-0.25, -0.2) is 4.79 Å². The van der Waals surface area contributed by atoms with Crippen molar-refractivity contribution < 1.29 is 28.0 Å². The number of hydrogen-bond donors (Lipinski definition) is 3. The van der Waals surface area contributed by atoms with Crippen molar-refractivity contribution in [2.45, 2.75) is 20.0 Å². The third kappa shape index (κ3) is 22.5. The molecule has 0 aromatic heterocycles. The molecule has 0 aliphatic heterocycles. The monoisotopic (exact) mass is 226 g/mol. The van der Waals surface area contributed by atoms with Crippen molar-refractivity contribution >= 4 is 16.1 Å². The first-order valence-corrected chi connectivity index (χ1v) is 5.28. The number of aliphatic hydroxyl groups is 1. The highest BCUT2D eigenvalue weighted by molar-refractivity contribution is 7.85. The maximum atomic E-state index is 9.84. The van der Waals surface area contributed by atoms with Crippen LogP contribution in [0.1, 0.15) is 13.8 Å². The molecule has 7 heteroatoms. The van der Waals surface area contributed by atoms with Crippen LogP contribution in [0.3, 0.4) is 0 Å².